The van der Waals surface area contributed by atoms with Crippen molar-refractivity contribution in [3.05, 3.63) is 34.9 Å². The van der Waals surface area contributed by atoms with Crippen LogP contribution in [0.4, 0.5) is 0 Å². The summed E-state index contributed by atoms with van der Waals surface area (Å²) in [4.78, 5) is 189. The first-order chi connectivity index (χ1) is 43.9. The highest BCUT2D eigenvalue weighted by molar-refractivity contribution is 6.30. The van der Waals surface area contributed by atoms with Crippen LogP contribution in [0.2, 0.25) is 5.02 Å². The third-order valence-electron chi connectivity index (χ3n) is 20.2. The highest BCUT2D eigenvalue weighted by Gasteiger charge is 2.50. The summed E-state index contributed by atoms with van der Waals surface area (Å²) in [5, 5.41) is 9.41. The Morgan fingerprint density at radius 3 is 1.81 bits per heavy atom. The summed E-state index contributed by atoms with van der Waals surface area (Å²) in [5.74, 6) is -8.05. The molecule has 5 aliphatic rings. The number of likely N-dealkylation sites (N-methyl/N-ethyl adjacent to an activating group) is 7. The van der Waals surface area contributed by atoms with Crippen LogP contribution in [0.1, 0.15) is 163 Å². The van der Waals surface area contributed by atoms with Gasteiger partial charge in [0.25, 0.3) is 0 Å². The number of fused-ring (bicyclic) bond motifs is 1. The Kier molecular flexibility index (Phi) is 27.5. The topological polar surface area (TPSA) is 270 Å². The Balaban J connectivity index is 1.40. The molecule has 2 aliphatic carbocycles. The van der Waals surface area contributed by atoms with Crippen molar-refractivity contribution in [3.63, 3.8) is 0 Å². The van der Waals surface area contributed by atoms with Crippen molar-refractivity contribution in [3.8, 4) is 0 Å². The molecule has 1 aromatic rings. The summed E-state index contributed by atoms with van der Waals surface area (Å²) in [6, 6.07) is -1.09. The van der Waals surface area contributed by atoms with Crippen molar-refractivity contribution in [1.82, 2.24) is 60.0 Å². The molecule has 1 aromatic carbocycles. The predicted octanol–water partition coefficient (Wildman–Crippen LogP) is 4.09. The van der Waals surface area contributed by atoms with Crippen LogP contribution in [-0.2, 0) is 64.0 Å². The summed E-state index contributed by atoms with van der Waals surface area (Å²) in [7, 11) is 10.2. The van der Waals surface area contributed by atoms with Gasteiger partial charge in [-0.25, -0.2) is 0 Å². The van der Waals surface area contributed by atoms with Gasteiger partial charge in [0, 0.05) is 74.0 Å². The fraction of sp³-hybridized carbons (Fsp3) is 0.735. The molecule has 24 nitrogen and oxygen atoms in total. The Morgan fingerprint density at radius 2 is 1.20 bits per heavy atom. The molecule has 25 heteroatoms. The van der Waals surface area contributed by atoms with Gasteiger partial charge in [0.15, 0.2) is 0 Å². The zero-order chi connectivity index (χ0) is 68.8. The number of nitrogens with one attached hydrogen (secondary N) is 3. The number of aryl methyl sites for hydroxylation is 1. The van der Waals surface area contributed by atoms with Crippen LogP contribution in [0.5, 0.6) is 0 Å². The number of hydrogen-bond donors (Lipinski definition) is 3. The second kappa shape index (κ2) is 34.0. The summed E-state index contributed by atoms with van der Waals surface area (Å²) >= 11 is 6.23. The smallest absolute Gasteiger partial charge is 0.248 e. The highest BCUT2D eigenvalue weighted by atomic mass is 35.5. The van der Waals surface area contributed by atoms with Crippen molar-refractivity contribution < 1.29 is 57.5 Å². The number of halogens is 1. The standard InChI is InChI=1S/C68H107ClN12O12/c1-14-45(6)58-65(91)75(9)41-56(84)73(7)42-57(85)77(11)52(38-47-23-16-17-24-47)63(89)74(8)40-54(82)70-49(31-28-46-26-29-48(69)30-27-46)62(88)81-36-22-25-50(81)61(87)72-68(32-18-19-33-68)67(93)79(13)59(44(4)5)66(92)78(12)53(64(90)80-34-20-15-21-35-80)39-55(83)76(10)51(37-43(2)3)60(86)71-58/h26-27,29-30,43-45,47,49-53,58-59H,14-25,28,31-42H2,1-13H3,(H,70,82)(H,71,86)(H,72,87)/t45-,49-,50-,51-,52-,53-,58-,59-/m0/s1. The first kappa shape index (κ1) is 75.2. The number of carbonyl (C=O) groups is 12. The minimum absolute atomic E-state index is 0.0975. The van der Waals surface area contributed by atoms with Crippen LogP contribution >= 0.6 is 11.6 Å². The van der Waals surface area contributed by atoms with E-state index in [4.69, 9.17) is 11.6 Å². The van der Waals surface area contributed by atoms with Gasteiger partial charge >= 0.3 is 0 Å². The first-order valence-corrected chi connectivity index (χ1v) is 34.3. The van der Waals surface area contributed by atoms with E-state index in [1.165, 1.54) is 83.6 Å². The third-order valence-corrected chi connectivity index (χ3v) is 20.5. The van der Waals surface area contributed by atoms with E-state index in [0.29, 0.717) is 69.5 Å². The van der Waals surface area contributed by atoms with Crippen LogP contribution in [0.3, 0.4) is 0 Å². The van der Waals surface area contributed by atoms with Gasteiger partial charge in [0.2, 0.25) is 70.9 Å². The van der Waals surface area contributed by atoms with Crippen LogP contribution in [0, 0.1) is 23.7 Å². The van der Waals surface area contributed by atoms with E-state index >= 15 is 14.4 Å². The summed E-state index contributed by atoms with van der Waals surface area (Å²) < 4.78 is 0. The van der Waals surface area contributed by atoms with Gasteiger partial charge in [0.05, 0.1) is 26.1 Å². The number of rotatable bonds is 11. The maximum atomic E-state index is 15.4. The minimum atomic E-state index is -1.49. The molecule has 2 saturated carbocycles. The van der Waals surface area contributed by atoms with Crippen molar-refractivity contribution in [2.75, 3.05) is 88.6 Å². The van der Waals surface area contributed by atoms with E-state index in [9.17, 15) is 43.2 Å². The van der Waals surface area contributed by atoms with Gasteiger partial charge in [-0.15, -0.1) is 0 Å². The molecule has 93 heavy (non-hydrogen) atoms. The maximum Gasteiger partial charge on any atom is 0.248 e. The predicted molar refractivity (Wildman–Crippen MR) is 352 cm³/mol. The van der Waals surface area contributed by atoms with Gasteiger partial charge in [-0.1, -0.05) is 110 Å². The maximum absolute atomic E-state index is 15.4. The summed E-state index contributed by atoms with van der Waals surface area (Å²) in [6.07, 6.45) is 8.93. The van der Waals surface area contributed by atoms with E-state index in [1.807, 2.05) is 32.9 Å². The van der Waals surface area contributed by atoms with E-state index in [0.717, 1.165) is 42.6 Å². The number of nitrogens with zero attached hydrogens (tertiary/aromatic N) is 9. The highest BCUT2D eigenvalue weighted by Crippen LogP contribution is 2.35. The molecule has 3 N–H and O–H groups in total. The lowest BCUT2D eigenvalue weighted by Gasteiger charge is -2.42. The average Bonchev–Trinajstić information content (AvgIpc) is 1.77. The molecule has 6 rings (SSSR count). The molecular weight excluding hydrogens is 1210 g/mol. The van der Waals surface area contributed by atoms with Gasteiger partial charge in [0.1, 0.15) is 47.8 Å². The fourth-order valence-electron chi connectivity index (χ4n) is 14.1. The molecule has 1 spiro atoms. The Labute approximate surface area is 556 Å². The zero-order valence-electron chi connectivity index (χ0n) is 57.6. The molecule has 3 saturated heterocycles. The van der Waals surface area contributed by atoms with Crippen LogP contribution in [0.25, 0.3) is 0 Å². The van der Waals surface area contributed by atoms with Crippen molar-refractivity contribution in [2.45, 2.75) is 211 Å². The molecule has 0 unspecified atom stereocenters. The second-order valence-corrected chi connectivity index (χ2v) is 28.4. The minimum Gasteiger partial charge on any atom is -0.343 e. The quantitative estimate of drug-likeness (QED) is 0.283. The lowest BCUT2D eigenvalue weighted by Crippen LogP contribution is -2.65. The van der Waals surface area contributed by atoms with Gasteiger partial charge in [-0.3, -0.25) is 57.5 Å². The second-order valence-electron chi connectivity index (χ2n) is 28.0. The number of amides is 12. The Hall–Kier alpha value is -6.85. The number of carbonyl (C=O) groups excluding carboxylic acids is 12. The molecule has 0 aromatic heterocycles. The van der Waals surface area contributed by atoms with Crippen molar-refractivity contribution in [1.29, 1.82) is 0 Å². The molecule has 0 radical (unpaired) electrons. The SMILES string of the molecule is CC[C@H](C)[C@@H]1NC(=O)[C@H](CC(C)C)N(C)C(=O)C[C@@H](C(=O)N2CCCCC2)N(C)C(=O)[C@H](C(C)C)N(C)C(=O)C2(CCCC2)NC(=O)[C@@H]2CCCN2C(=O)[C@H](CCc2ccc(Cl)cc2)NC(=O)CN(C)C(=O)[C@H](CC2CCCC2)N(C)C(=O)CN(C)C(=O)CN(C)C1=O. The lowest BCUT2D eigenvalue weighted by molar-refractivity contribution is -0.156. The number of benzene rings is 1. The normalized spacial score (nSPS) is 26.6. The Morgan fingerprint density at radius 1 is 0.602 bits per heavy atom. The summed E-state index contributed by atoms with van der Waals surface area (Å²) in [6.45, 7) is 10.4. The van der Waals surface area contributed by atoms with Crippen LogP contribution < -0.4 is 16.0 Å². The van der Waals surface area contributed by atoms with Crippen LogP contribution in [0.15, 0.2) is 24.3 Å². The molecule has 3 heterocycles. The van der Waals surface area contributed by atoms with Crippen LogP contribution in [-0.4, -0.2) is 251 Å². The lowest BCUT2D eigenvalue weighted by atomic mass is 9.91. The molecular formula is C68H107ClN12O12. The van der Waals surface area contributed by atoms with Crippen molar-refractivity contribution in [2.24, 2.45) is 23.7 Å². The van der Waals surface area contributed by atoms with Gasteiger partial charge < -0.3 is 60.0 Å². The van der Waals surface area contributed by atoms with E-state index in [-0.39, 0.29) is 50.5 Å². The van der Waals surface area contributed by atoms with E-state index in [1.54, 1.807) is 37.8 Å². The molecule has 3 aliphatic heterocycles. The van der Waals surface area contributed by atoms with Gasteiger partial charge in [-0.2, -0.15) is 0 Å². The molecule has 8 atom stereocenters. The summed E-state index contributed by atoms with van der Waals surface area (Å²) in [5.41, 5.74) is -0.667. The van der Waals surface area contributed by atoms with Crippen molar-refractivity contribution >= 4 is 82.5 Å². The third kappa shape index (κ3) is 19.2. The largest absolute Gasteiger partial charge is 0.343 e. The number of piperidine rings is 1. The Bertz CT molecular complexity index is 2840. The first-order valence-electron chi connectivity index (χ1n) is 34.0. The molecule has 518 valence electrons. The average molecular weight is 1320 g/mol. The van der Waals surface area contributed by atoms with E-state index < -0.39 is 157 Å². The monoisotopic (exact) mass is 1320 g/mol. The molecule has 12 amide bonds. The fourth-order valence-corrected chi connectivity index (χ4v) is 14.3. The van der Waals surface area contributed by atoms with E-state index in [2.05, 4.69) is 16.0 Å². The molecule has 5 fully saturated rings. The number of likely N-dealkylation sites (tertiary alicyclic amines) is 1. The zero-order valence-corrected chi connectivity index (χ0v) is 58.4. The van der Waals surface area contributed by atoms with Gasteiger partial charge in [-0.05, 0) is 112 Å². The molecule has 0 bridgehead atoms. The number of hydrogen-bond acceptors (Lipinski definition) is 12.